The van der Waals surface area contributed by atoms with Crippen molar-refractivity contribution >= 4 is 18.1 Å². The van der Waals surface area contributed by atoms with Crippen LogP contribution in [0.1, 0.15) is 93.9 Å². The molecule has 0 saturated carbocycles. The SMILES string of the molecule is CCN(CC)[Si](CCCCCCCC[SiH2]C=C(C)C)(N(CC)CC)N(CC)CC. The molecule has 0 unspecified atom stereocenters. The standard InChI is InChI=1S/C24H55N3Si2/c1-9-25(10-2)29(26(11-3)12-4,27(13-5)14-6)22-20-18-16-15-17-19-21-28-23-24(7)8/h23H,9-22,28H2,1-8H3. The largest absolute Gasteiger partial charge is 0.300 e. The molecular weight excluding hydrogens is 386 g/mol. The normalized spacial score (nSPS) is 12.8. The van der Waals surface area contributed by atoms with E-state index in [1.54, 1.807) is 0 Å². The molecule has 0 aliphatic carbocycles. The average molecular weight is 442 g/mol. The monoisotopic (exact) mass is 441 g/mol. The topological polar surface area (TPSA) is 9.72 Å². The van der Waals surface area contributed by atoms with Crippen LogP contribution in [-0.2, 0) is 0 Å². The van der Waals surface area contributed by atoms with E-state index in [4.69, 9.17) is 0 Å². The molecule has 0 saturated heterocycles. The molecule has 0 spiro atoms. The molecule has 0 fully saturated rings. The zero-order valence-corrected chi connectivity index (χ0v) is 23.9. The second-order valence-corrected chi connectivity index (χ2v) is 14.2. The highest BCUT2D eigenvalue weighted by atomic mass is 28.4. The third-order valence-electron chi connectivity index (χ3n) is 6.58. The Hall–Kier alpha value is 0.0538. The van der Waals surface area contributed by atoms with Gasteiger partial charge in [-0.15, -0.1) is 5.70 Å². The van der Waals surface area contributed by atoms with Crippen molar-refractivity contribution in [2.45, 2.75) is 106 Å². The van der Waals surface area contributed by atoms with Gasteiger partial charge >= 0.3 is 0 Å². The van der Waals surface area contributed by atoms with Crippen LogP contribution in [0.15, 0.2) is 11.3 Å². The predicted octanol–water partition coefficient (Wildman–Crippen LogP) is 5.80. The Bertz CT molecular complexity index is 368. The number of hydrogen-bond donors (Lipinski definition) is 0. The summed E-state index contributed by atoms with van der Waals surface area (Å²) in [5.74, 6) is 0. The summed E-state index contributed by atoms with van der Waals surface area (Å²) in [7, 11) is -1.70. The van der Waals surface area contributed by atoms with Crippen LogP contribution in [0.4, 0.5) is 0 Å². The summed E-state index contributed by atoms with van der Waals surface area (Å²) in [6, 6.07) is 2.92. The summed E-state index contributed by atoms with van der Waals surface area (Å²) < 4.78 is 8.59. The molecule has 0 aromatic carbocycles. The maximum absolute atomic E-state index is 2.86. The summed E-state index contributed by atoms with van der Waals surface area (Å²) in [5.41, 5.74) is 4.05. The molecule has 0 atom stereocenters. The van der Waals surface area contributed by atoms with Crippen molar-refractivity contribution in [3.05, 3.63) is 11.3 Å². The Kier molecular flexibility index (Phi) is 17.7. The minimum absolute atomic E-state index is 0.0842. The smallest absolute Gasteiger partial charge is 0.289 e. The first kappa shape index (κ1) is 29.1. The lowest BCUT2D eigenvalue weighted by Gasteiger charge is -2.53. The van der Waals surface area contributed by atoms with E-state index in [1.165, 1.54) is 95.5 Å². The first-order chi connectivity index (χ1) is 14.0. The molecule has 0 N–H and O–H groups in total. The van der Waals surface area contributed by atoms with Crippen LogP contribution in [-0.4, -0.2) is 71.0 Å². The molecule has 0 aromatic heterocycles. The van der Waals surface area contributed by atoms with Gasteiger partial charge in [0, 0.05) is 9.52 Å². The fraction of sp³-hybridized carbons (Fsp3) is 0.917. The minimum atomic E-state index is -1.78. The molecule has 3 nitrogen and oxygen atoms in total. The zero-order chi connectivity index (χ0) is 22.1. The van der Waals surface area contributed by atoms with Gasteiger partial charge in [0.05, 0.1) is 0 Å². The van der Waals surface area contributed by atoms with Crippen LogP contribution in [0.3, 0.4) is 0 Å². The van der Waals surface area contributed by atoms with Gasteiger partial charge in [-0.25, -0.2) is 0 Å². The fourth-order valence-electron chi connectivity index (χ4n) is 5.05. The van der Waals surface area contributed by atoms with Crippen molar-refractivity contribution in [3.63, 3.8) is 0 Å². The van der Waals surface area contributed by atoms with Gasteiger partial charge < -0.3 is 0 Å². The molecule has 5 heteroatoms. The molecule has 29 heavy (non-hydrogen) atoms. The van der Waals surface area contributed by atoms with Crippen molar-refractivity contribution in [2.24, 2.45) is 0 Å². The molecule has 174 valence electrons. The van der Waals surface area contributed by atoms with Crippen LogP contribution in [0.2, 0.25) is 12.1 Å². The van der Waals surface area contributed by atoms with Gasteiger partial charge in [0.25, 0.3) is 8.56 Å². The summed E-state index contributed by atoms with van der Waals surface area (Å²) in [6.45, 7) is 25.8. The molecule has 0 aliphatic heterocycles. The molecule has 0 bridgehead atoms. The Balaban J connectivity index is 4.78. The minimum Gasteiger partial charge on any atom is -0.300 e. The van der Waals surface area contributed by atoms with Gasteiger partial charge in [0.1, 0.15) is 0 Å². The van der Waals surface area contributed by atoms with E-state index < -0.39 is 8.56 Å². The Morgan fingerprint density at radius 2 is 1.00 bits per heavy atom. The molecular formula is C24H55N3Si2. The third kappa shape index (κ3) is 9.81. The zero-order valence-electron chi connectivity index (χ0n) is 21.5. The van der Waals surface area contributed by atoms with Gasteiger partial charge in [0.15, 0.2) is 0 Å². The molecule has 0 aliphatic rings. The summed E-state index contributed by atoms with van der Waals surface area (Å²) >= 11 is 0. The van der Waals surface area contributed by atoms with Crippen LogP contribution < -0.4 is 0 Å². The summed E-state index contributed by atoms with van der Waals surface area (Å²) in [4.78, 5) is 0. The molecule has 0 aromatic rings. The summed E-state index contributed by atoms with van der Waals surface area (Å²) in [6.07, 6.45) is 8.62. The first-order valence-corrected chi connectivity index (χ1v) is 16.7. The van der Waals surface area contributed by atoms with Gasteiger partial charge in [-0.05, 0) is 59.2 Å². The van der Waals surface area contributed by atoms with E-state index in [-0.39, 0.29) is 9.52 Å². The molecule has 0 radical (unpaired) electrons. The number of nitrogens with zero attached hydrogens (tertiary/aromatic N) is 3. The van der Waals surface area contributed by atoms with Gasteiger partial charge in [-0.1, -0.05) is 91.7 Å². The van der Waals surface area contributed by atoms with E-state index in [2.05, 4.69) is 74.8 Å². The van der Waals surface area contributed by atoms with Crippen molar-refractivity contribution < 1.29 is 0 Å². The van der Waals surface area contributed by atoms with Crippen molar-refractivity contribution in [3.8, 4) is 0 Å². The quantitative estimate of drug-likeness (QED) is 0.185. The number of allylic oxidation sites excluding steroid dienone is 1. The van der Waals surface area contributed by atoms with E-state index >= 15 is 0 Å². The first-order valence-electron chi connectivity index (χ1n) is 12.9. The second-order valence-electron chi connectivity index (χ2n) is 8.59. The molecule has 0 rings (SSSR count). The van der Waals surface area contributed by atoms with Crippen LogP contribution in [0.5, 0.6) is 0 Å². The highest BCUT2D eigenvalue weighted by Gasteiger charge is 2.47. The maximum atomic E-state index is 2.86. The fourth-order valence-corrected chi connectivity index (χ4v) is 12.4. The lowest BCUT2D eigenvalue weighted by Crippen LogP contribution is -2.75. The third-order valence-corrected chi connectivity index (χ3v) is 14.6. The highest BCUT2D eigenvalue weighted by molar-refractivity contribution is 6.71. The van der Waals surface area contributed by atoms with E-state index in [0.717, 1.165) is 0 Å². The Morgan fingerprint density at radius 3 is 1.38 bits per heavy atom. The number of unbranched alkanes of at least 4 members (excludes halogenated alkanes) is 5. The molecule has 0 heterocycles. The summed E-state index contributed by atoms with van der Waals surface area (Å²) in [5, 5.41) is 0. The van der Waals surface area contributed by atoms with Crippen LogP contribution in [0, 0.1) is 0 Å². The lowest BCUT2D eigenvalue weighted by molar-refractivity contribution is 0.259. The van der Waals surface area contributed by atoms with E-state index in [0.29, 0.717) is 0 Å². The average Bonchev–Trinajstić information content (AvgIpc) is 2.71. The van der Waals surface area contributed by atoms with Crippen molar-refractivity contribution in [2.75, 3.05) is 39.3 Å². The van der Waals surface area contributed by atoms with Crippen LogP contribution >= 0.6 is 0 Å². The Labute approximate surface area is 188 Å². The lowest BCUT2D eigenvalue weighted by atomic mass is 10.1. The Morgan fingerprint density at radius 1 is 0.621 bits per heavy atom. The maximum Gasteiger partial charge on any atom is 0.289 e. The number of hydrogen-bond acceptors (Lipinski definition) is 3. The number of rotatable bonds is 19. The van der Waals surface area contributed by atoms with Crippen LogP contribution in [0.25, 0.3) is 0 Å². The van der Waals surface area contributed by atoms with E-state index in [1.807, 2.05) is 0 Å². The van der Waals surface area contributed by atoms with Gasteiger partial charge in [-0.2, -0.15) is 0 Å². The van der Waals surface area contributed by atoms with Crippen molar-refractivity contribution in [1.82, 2.24) is 13.7 Å². The predicted molar refractivity (Wildman–Crippen MR) is 140 cm³/mol. The van der Waals surface area contributed by atoms with Crippen molar-refractivity contribution in [1.29, 1.82) is 0 Å². The van der Waals surface area contributed by atoms with Gasteiger partial charge in [-0.3, -0.25) is 13.7 Å². The second kappa shape index (κ2) is 17.7. The highest BCUT2D eigenvalue weighted by Crippen LogP contribution is 2.28. The van der Waals surface area contributed by atoms with Gasteiger partial charge in [0.2, 0.25) is 0 Å². The van der Waals surface area contributed by atoms with E-state index in [9.17, 15) is 0 Å². The molecule has 0 amide bonds.